The van der Waals surface area contributed by atoms with Gasteiger partial charge in [-0.25, -0.2) is 28.9 Å². The number of hydrogen-bond donors (Lipinski definition) is 1. The highest BCUT2D eigenvalue weighted by atomic mass is 35.6. The molecule has 662 valence electrons. The quantitative estimate of drug-likeness (QED) is 0.0238. The predicted molar refractivity (Wildman–Crippen MR) is 420 cm³/mol. The molecular weight excluding hydrogens is 1630 g/mol. The molecule has 0 spiro atoms. The van der Waals surface area contributed by atoms with Crippen LogP contribution in [0.2, 0.25) is 0 Å². The largest absolute Gasteiger partial charge is 0.465 e. The van der Waals surface area contributed by atoms with Crippen molar-refractivity contribution in [2.24, 2.45) is 0 Å². The monoisotopic (exact) mass is 1740 g/mol. The maximum atomic E-state index is 15.3. The minimum Gasteiger partial charge on any atom is -0.465 e. The van der Waals surface area contributed by atoms with E-state index >= 15 is 14.4 Å². The van der Waals surface area contributed by atoms with Crippen LogP contribution in [0.3, 0.4) is 0 Å². The third-order valence-corrected chi connectivity index (χ3v) is 20.6. The molecule has 9 rings (SSSR count). The number of imide groups is 1. The van der Waals surface area contributed by atoms with E-state index in [1.54, 1.807) is 66.7 Å². The summed E-state index contributed by atoms with van der Waals surface area (Å²) in [6, 6.07) is 21.2. The maximum absolute atomic E-state index is 15.3. The zero-order valence-electron chi connectivity index (χ0n) is 68.8. The van der Waals surface area contributed by atoms with E-state index in [4.69, 9.17) is 139 Å². The lowest BCUT2D eigenvalue weighted by Crippen LogP contribution is -2.71. The Balaban J connectivity index is 1.29. The van der Waals surface area contributed by atoms with E-state index in [1.165, 1.54) is 24.3 Å². The molecule has 6 saturated heterocycles. The van der Waals surface area contributed by atoms with Gasteiger partial charge in [0.25, 0.3) is 5.79 Å². The average Bonchev–Trinajstić information content (AvgIpc) is 1.72. The molecule has 22 atom stereocenters. The zero-order valence-corrected chi connectivity index (χ0v) is 71.1. The van der Waals surface area contributed by atoms with Crippen LogP contribution in [0, 0.1) is 0 Å². The summed E-state index contributed by atoms with van der Waals surface area (Å²) in [6.07, 6.45) is -25.5. The minimum absolute atomic E-state index is 0.0235. The number of hydrogen-bond acceptors (Lipinski definition) is 31. The highest BCUT2D eigenvalue weighted by Crippen LogP contribution is 2.45. The molecule has 6 fully saturated rings. The Morgan fingerprint density at radius 1 is 0.563 bits per heavy atom. The van der Waals surface area contributed by atoms with Gasteiger partial charge in [-0.2, -0.15) is 0 Å². The summed E-state index contributed by atoms with van der Waals surface area (Å²) in [5.41, 5.74) is 0.655. The third kappa shape index (κ3) is 27.0. The number of alkyl halides is 3. The first-order chi connectivity index (χ1) is 57.2. The van der Waals surface area contributed by atoms with Crippen LogP contribution in [-0.2, 0) is 128 Å². The Bertz CT molecular complexity index is 3690. The molecule has 36 heteroatoms. The fraction of sp³-hybridized carbons (Fsp3) is 0.675. The van der Waals surface area contributed by atoms with Crippen LogP contribution in [0.1, 0.15) is 178 Å². The lowest BCUT2D eigenvalue weighted by atomic mass is 9.88. The lowest BCUT2D eigenvalue weighted by molar-refractivity contribution is -0.390. The van der Waals surface area contributed by atoms with Gasteiger partial charge in [0.15, 0.2) is 49.6 Å². The van der Waals surface area contributed by atoms with Crippen molar-refractivity contribution in [2.45, 2.75) is 284 Å². The standard InChI is InChI=1S/C83H113Cl3N2O31/c1-11-16-21-31-42-103-77-71(102-41-20-15-5)69(64(101-40-19-14-4)57(111-77)44-99-38-17-12-2)118-76-61(87-80(96)106-48-83(84,85)86)67(117-78-72(115-74(94)54-34-27-23-28-35-54)70(114-73(93)53-32-25-22-26-33-53)66-59(112-78)46-105-75(116-66)55-36-29-24-30-37-55)63(100-39-18-13-3)60(110-76)47-107-82(79(95)98-10)43-56-62(88(49(6)89)81(97)113-56)68(119-82)65(109-52(9)92)58(108-51(8)91)45-104-50(7)90/h22-30,32-37,56-72,75-78H,11-21,31,38-48H2,1-10H3,(H,87,96)/t56-,57?,58-,59?,60?,61+,62-,63-,64+,65-,66?,67?,68?,69?,70?,71+,72+,75?,76+,77-,78+,82-/m1/s1. The number of esters is 6. The van der Waals surface area contributed by atoms with Crippen LogP contribution in [0.5, 0.6) is 0 Å². The number of benzene rings is 3. The number of ether oxygens (including phenoxy) is 22. The molecule has 3 aromatic rings. The molecule has 119 heavy (non-hydrogen) atoms. The second-order valence-electron chi connectivity index (χ2n) is 29.4. The highest BCUT2D eigenvalue weighted by Gasteiger charge is 2.66. The predicted octanol–water partition coefficient (Wildman–Crippen LogP) is 10.8. The molecule has 0 bridgehead atoms. The Labute approximate surface area is 707 Å². The Morgan fingerprint density at radius 3 is 1.70 bits per heavy atom. The van der Waals surface area contributed by atoms with Crippen LogP contribution < -0.4 is 5.32 Å². The smallest absolute Gasteiger partial charge is 0.417 e. The van der Waals surface area contributed by atoms with Gasteiger partial charge in [0.05, 0.1) is 44.5 Å². The van der Waals surface area contributed by atoms with Crippen molar-refractivity contribution in [1.29, 1.82) is 0 Å². The molecule has 1 N–H and O–H groups in total. The molecule has 3 amide bonds. The lowest BCUT2D eigenvalue weighted by Gasteiger charge is -2.53. The van der Waals surface area contributed by atoms with E-state index in [0.29, 0.717) is 68.4 Å². The van der Waals surface area contributed by atoms with E-state index in [2.05, 4.69) is 12.2 Å². The second-order valence-corrected chi connectivity index (χ2v) is 32.0. The molecule has 0 aliphatic carbocycles. The summed E-state index contributed by atoms with van der Waals surface area (Å²) in [5, 5.41) is 2.87. The molecule has 33 nitrogen and oxygen atoms in total. The van der Waals surface area contributed by atoms with Crippen molar-refractivity contribution >= 4 is 88.7 Å². The van der Waals surface area contributed by atoms with E-state index in [-0.39, 0.29) is 50.8 Å². The minimum atomic E-state index is -2.90. The summed E-state index contributed by atoms with van der Waals surface area (Å²) in [7, 11) is 0.979. The van der Waals surface area contributed by atoms with Gasteiger partial charge < -0.3 is 110 Å². The molecule has 3 aromatic carbocycles. The van der Waals surface area contributed by atoms with Crippen molar-refractivity contribution < 1.29 is 147 Å². The number of unbranched alkanes of at least 4 members (excludes halogenated alkanes) is 7. The van der Waals surface area contributed by atoms with Crippen molar-refractivity contribution in [3.8, 4) is 0 Å². The van der Waals surface area contributed by atoms with Gasteiger partial charge in [-0.15, -0.1) is 0 Å². The highest BCUT2D eigenvalue weighted by molar-refractivity contribution is 6.67. The fourth-order valence-electron chi connectivity index (χ4n) is 14.6. The van der Waals surface area contributed by atoms with Crippen molar-refractivity contribution in [3.63, 3.8) is 0 Å². The fourth-order valence-corrected chi connectivity index (χ4v) is 14.7. The maximum Gasteiger partial charge on any atom is 0.417 e. The van der Waals surface area contributed by atoms with Crippen molar-refractivity contribution in [2.75, 3.05) is 73.2 Å². The Hall–Kier alpha value is -7.00. The van der Waals surface area contributed by atoms with Gasteiger partial charge in [0.1, 0.15) is 92.4 Å². The first-order valence-corrected chi connectivity index (χ1v) is 41.9. The first kappa shape index (κ1) is 95.8. The second kappa shape index (κ2) is 47.6. The number of halogens is 3. The third-order valence-electron chi connectivity index (χ3n) is 20.3. The van der Waals surface area contributed by atoms with E-state index in [1.807, 2.05) is 27.7 Å². The van der Waals surface area contributed by atoms with Crippen LogP contribution in [0.25, 0.3) is 0 Å². The SMILES string of the molecule is CCCCCCO[C@@H]1OC(COCCCC)[C@H](OCCCC)C(O[C@@H]2OC(CO[C@]3(C(=O)OC)C[C@H]4OC(=O)N(C(C)=O)[C@H]4C([C@H](OC(C)=O)[C@@H](COC(C)=O)OC(C)=O)O3)[C@@H](OCCCC)C(O[C@@H]3OC4COC(c5ccccc5)OC4C(OC(=O)c4ccccc4)[C@@H]3OC(=O)c3ccccc3)[C@@H]2NC(=O)OCC(Cl)(Cl)Cl)[C@@H]1OCCCC. The van der Waals surface area contributed by atoms with Gasteiger partial charge in [0.2, 0.25) is 9.70 Å². The number of nitrogens with zero attached hydrogens (tertiary/aromatic N) is 1. The molecule has 6 aliphatic heterocycles. The summed E-state index contributed by atoms with van der Waals surface area (Å²) in [5.74, 6) is -9.96. The van der Waals surface area contributed by atoms with Crippen LogP contribution >= 0.6 is 34.8 Å². The topological polar surface area (TPSA) is 372 Å². The van der Waals surface area contributed by atoms with Gasteiger partial charge in [-0.05, 0) is 56.4 Å². The van der Waals surface area contributed by atoms with Gasteiger partial charge in [-0.3, -0.25) is 19.2 Å². The van der Waals surface area contributed by atoms with E-state index < -0.39 is 219 Å². The van der Waals surface area contributed by atoms with Crippen LogP contribution in [0.4, 0.5) is 9.59 Å². The summed E-state index contributed by atoms with van der Waals surface area (Å²) < 4.78 is 143. The molecule has 0 saturated carbocycles. The first-order valence-electron chi connectivity index (χ1n) is 40.8. The number of amides is 3. The number of carbonyl (C=O) groups excluding carboxylic acids is 9. The summed E-state index contributed by atoms with van der Waals surface area (Å²) >= 11 is 19.0. The summed E-state index contributed by atoms with van der Waals surface area (Å²) in [6.45, 7) is 11.6. The van der Waals surface area contributed by atoms with Crippen LogP contribution in [0.15, 0.2) is 91.0 Å². The number of alkyl carbamates (subject to hydrolysis) is 1. The van der Waals surface area contributed by atoms with Crippen molar-refractivity contribution in [3.05, 3.63) is 108 Å². The number of carbonyl (C=O) groups is 9. The molecule has 0 aromatic heterocycles. The Kier molecular flexibility index (Phi) is 38.3. The number of methoxy groups -OCH3 is 1. The average molecular weight is 1740 g/mol. The van der Waals surface area contributed by atoms with Gasteiger partial charge >= 0.3 is 48.0 Å². The van der Waals surface area contributed by atoms with E-state index in [9.17, 15) is 28.8 Å². The Morgan fingerprint density at radius 2 is 1.12 bits per heavy atom. The molecule has 6 aliphatic rings. The van der Waals surface area contributed by atoms with E-state index in [0.717, 1.165) is 60.5 Å². The zero-order chi connectivity index (χ0) is 85.8. The number of rotatable bonds is 44. The molecular formula is C83H113Cl3N2O31. The molecule has 0 radical (unpaired) electrons. The van der Waals surface area contributed by atoms with Gasteiger partial charge in [-0.1, -0.05) is 181 Å². The molecule has 6 heterocycles. The van der Waals surface area contributed by atoms with Crippen molar-refractivity contribution in [1.82, 2.24) is 10.2 Å². The van der Waals surface area contributed by atoms with Crippen LogP contribution in [-0.4, -0.2) is 264 Å². The number of nitrogens with one attached hydrogen (secondary N) is 1. The normalized spacial score (nSPS) is 29.1. The van der Waals surface area contributed by atoms with Gasteiger partial charge in [0, 0.05) is 66.3 Å². The number of fused-ring (bicyclic) bond motifs is 2. The molecule has 9 unspecified atom stereocenters. The summed E-state index contributed by atoms with van der Waals surface area (Å²) in [4.78, 5) is 128.